The molecule has 2 aliphatic rings. The second-order valence-electron chi connectivity index (χ2n) is 13.0. The van der Waals surface area contributed by atoms with E-state index in [0.29, 0.717) is 41.6 Å². The van der Waals surface area contributed by atoms with Gasteiger partial charge in [-0.1, -0.05) is 12.0 Å². The number of nitrogens with one attached hydrogen (secondary N) is 1. The summed E-state index contributed by atoms with van der Waals surface area (Å²) in [6.07, 6.45) is 1.25. The van der Waals surface area contributed by atoms with Gasteiger partial charge in [-0.25, -0.2) is 0 Å². The van der Waals surface area contributed by atoms with Crippen molar-refractivity contribution in [1.29, 1.82) is 5.26 Å². The zero-order valence-corrected chi connectivity index (χ0v) is 26.4. The topological polar surface area (TPSA) is 97.4 Å². The molecule has 1 aromatic carbocycles. The highest BCUT2D eigenvalue weighted by molar-refractivity contribution is 5.83. The predicted octanol–water partition coefficient (Wildman–Crippen LogP) is 5.10. The first-order valence-corrected chi connectivity index (χ1v) is 15.9. The third-order valence-electron chi connectivity index (χ3n) is 9.00. The molecule has 0 spiro atoms. The first-order valence-electron chi connectivity index (χ1n) is 15.9. The van der Waals surface area contributed by atoms with Crippen LogP contribution in [0.5, 0.6) is 0 Å². The Labute approximate surface area is 268 Å². The van der Waals surface area contributed by atoms with Gasteiger partial charge in [0.1, 0.15) is 6.54 Å². The maximum absolute atomic E-state index is 13.5. The van der Waals surface area contributed by atoms with Gasteiger partial charge in [0.25, 0.3) is 0 Å². The van der Waals surface area contributed by atoms with Crippen LogP contribution in [0.4, 0.5) is 18.9 Å². The normalized spacial score (nSPS) is 17.9. The van der Waals surface area contributed by atoms with Crippen LogP contribution in [0.15, 0.2) is 42.6 Å². The summed E-state index contributed by atoms with van der Waals surface area (Å²) in [5, 5.41) is 22.8. The number of piperidine rings is 1. The van der Waals surface area contributed by atoms with Gasteiger partial charge in [-0.2, -0.15) is 18.4 Å². The van der Waals surface area contributed by atoms with Crippen LogP contribution < -0.4 is 5.32 Å². The fraction of sp³-hybridized carbons (Fsp3) is 0.514. The Balaban J connectivity index is 1.18. The van der Waals surface area contributed by atoms with Crippen LogP contribution in [0.3, 0.4) is 0 Å². The van der Waals surface area contributed by atoms with Crippen molar-refractivity contribution < 1.29 is 23.1 Å². The average Bonchev–Trinajstić information content (AvgIpc) is 3.59. The zero-order valence-electron chi connectivity index (χ0n) is 26.4. The molecule has 1 atom stereocenters. The van der Waals surface area contributed by atoms with Gasteiger partial charge in [-0.05, 0) is 93.7 Å². The number of β-amino-alcohol motifs (C(OH)–C–C–N with tert-alkyl or cyclic N) is 1. The van der Waals surface area contributed by atoms with Gasteiger partial charge >= 0.3 is 6.18 Å². The molecule has 2 saturated heterocycles. The Kier molecular flexibility index (Phi) is 10.2. The molecule has 244 valence electrons. The van der Waals surface area contributed by atoms with E-state index in [9.17, 15) is 28.3 Å². The van der Waals surface area contributed by atoms with Crippen molar-refractivity contribution in [2.75, 3.05) is 44.6 Å². The van der Waals surface area contributed by atoms with E-state index in [1.165, 1.54) is 4.57 Å². The van der Waals surface area contributed by atoms with Crippen LogP contribution in [0.2, 0.25) is 0 Å². The standard InChI is InChI=1S/C35H41F3N6O2/c1-34(2,23-39)32-10-8-28(20-41-32)40-14-3-4-29-19-27-18-26(7-9-31(27)44(29)24-35(36,37)38)6-5-25-11-16-43(17-12-25)33(46)22-42-15-13-30(45)21-42/h7-10,18-20,25,30,40,45H,5-6,11-17,21-22,24H2,1-2H3. The number of rotatable bonds is 9. The molecule has 46 heavy (non-hydrogen) atoms. The minimum Gasteiger partial charge on any atom is -0.392 e. The largest absolute Gasteiger partial charge is 0.406 e. The average molecular weight is 635 g/mol. The Morgan fingerprint density at radius 3 is 2.54 bits per heavy atom. The number of aliphatic hydroxyl groups excluding tert-OH is 1. The lowest BCUT2D eigenvalue weighted by molar-refractivity contribution is -0.140. The van der Waals surface area contributed by atoms with Gasteiger partial charge < -0.3 is 19.9 Å². The van der Waals surface area contributed by atoms with Gasteiger partial charge in [0, 0.05) is 37.1 Å². The van der Waals surface area contributed by atoms with E-state index in [2.05, 4.69) is 28.2 Å². The number of hydrogen-bond acceptors (Lipinski definition) is 6. The highest BCUT2D eigenvalue weighted by atomic mass is 19.4. The number of amides is 1. The molecule has 0 aliphatic carbocycles. The van der Waals surface area contributed by atoms with E-state index in [1.807, 2.05) is 21.9 Å². The van der Waals surface area contributed by atoms with Gasteiger partial charge in [0.15, 0.2) is 0 Å². The number of hydrogen-bond donors (Lipinski definition) is 2. The van der Waals surface area contributed by atoms with E-state index in [1.54, 1.807) is 44.3 Å². The highest BCUT2D eigenvalue weighted by Gasteiger charge is 2.30. The molecule has 0 radical (unpaired) electrons. The Bertz CT molecular complexity index is 1620. The molecular weight excluding hydrogens is 593 g/mol. The smallest absolute Gasteiger partial charge is 0.392 e. The first-order chi connectivity index (χ1) is 21.9. The van der Waals surface area contributed by atoms with Crippen LogP contribution in [0.25, 0.3) is 10.9 Å². The van der Waals surface area contributed by atoms with Crippen LogP contribution in [-0.2, 0) is 23.2 Å². The van der Waals surface area contributed by atoms with Crippen molar-refractivity contribution in [3.8, 4) is 17.9 Å². The minimum absolute atomic E-state index is 0.128. The van der Waals surface area contributed by atoms with E-state index < -0.39 is 18.1 Å². The van der Waals surface area contributed by atoms with E-state index in [4.69, 9.17) is 0 Å². The number of carbonyl (C=O) groups excluding carboxylic acids is 1. The number of carbonyl (C=O) groups is 1. The predicted molar refractivity (Wildman–Crippen MR) is 171 cm³/mol. The maximum atomic E-state index is 13.5. The van der Waals surface area contributed by atoms with E-state index in [0.717, 1.165) is 62.7 Å². The number of alkyl halides is 3. The molecule has 8 nitrogen and oxygen atoms in total. The molecule has 5 rings (SSSR count). The summed E-state index contributed by atoms with van der Waals surface area (Å²) in [7, 11) is 0. The molecule has 1 amide bonds. The van der Waals surface area contributed by atoms with Gasteiger partial charge in [0.2, 0.25) is 5.91 Å². The van der Waals surface area contributed by atoms with Crippen molar-refractivity contribution >= 4 is 22.5 Å². The summed E-state index contributed by atoms with van der Waals surface area (Å²) in [4.78, 5) is 21.0. The maximum Gasteiger partial charge on any atom is 0.406 e. The highest BCUT2D eigenvalue weighted by Crippen LogP contribution is 2.28. The molecule has 2 fully saturated rings. The van der Waals surface area contributed by atoms with Crippen LogP contribution in [0.1, 0.15) is 56.5 Å². The number of anilines is 1. The Morgan fingerprint density at radius 2 is 1.89 bits per heavy atom. The first kappa shape index (κ1) is 33.3. The number of aryl methyl sites for hydroxylation is 1. The SMILES string of the molecule is CC(C)(C#N)c1ccc(NCC#Cc2cc3cc(CCC4CCN(C(=O)CN5CCC(O)C5)CC4)ccc3n2CC(F)(F)F)cn1. The number of likely N-dealkylation sites (tertiary alicyclic amines) is 2. The van der Waals surface area contributed by atoms with Crippen molar-refractivity contribution in [2.24, 2.45) is 5.92 Å². The van der Waals surface area contributed by atoms with Crippen molar-refractivity contribution in [2.45, 2.75) is 70.2 Å². The summed E-state index contributed by atoms with van der Waals surface area (Å²) >= 11 is 0. The summed E-state index contributed by atoms with van der Waals surface area (Å²) in [6, 6.07) is 13.1. The second kappa shape index (κ2) is 14.1. The molecule has 2 N–H and O–H groups in total. The quantitative estimate of drug-likeness (QED) is 0.318. The van der Waals surface area contributed by atoms with Gasteiger partial charge in [-0.3, -0.25) is 14.7 Å². The molecule has 11 heteroatoms. The Hall–Kier alpha value is -4.06. The third-order valence-corrected chi connectivity index (χ3v) is 9.00. The van der Waals surface area contributed by atoms with E-state index >= 15 is 0 Å². The third kappa shape index (κ3) is 8.60. The lowest BCUT2D eigenvalue weighted by Gasteiger charge is -2.33. The zero-order chi connectivity index (χ0) is 32.9. The number of benzene rings is 1. The van der Waals surface area contributed by atoms with Crippen molar-refractivity contribution in [3.63, 3.8) is 0 Å². The van der Waals surface area contributed by atoms with Crippen molar-refractivity contribution in [1.82, 2.24) is 19.4 Å². The molecule has 3 aromatic rings. The summed E-state index contributed by atoms with van der Waals surface area (Å²) in [5.74, 6) is 6.47. The molecule has 1 unspecified atom stereocenters. The fourth-order valence-electron chi connectivity index (χ4n) is 6.22. The number of aromatic nitrogens is 2. The monoisotopic (exact) mass is 634 g/mol. The van der Waals surface area contributed by atoms with Gasteiger partial charge in [0.05, 0.1) is 53.9 Å². The van der Waals surface area contributed by atoms with Gasteiger partial charge in [-0.15, -0.1) is 0 Å². The minimum atomic E-state index is -4.39. The molecule has 2 aliphatic heterocycles. The van der Waals surface area contributed by atoms with Crippen LogP contribution >= 0.6 is 0 Å². The van der Waals surface area contributed by atoms with Crippen LogP contribution in [-0.4, -0.2) is 81.9 Å². The molecule has 0 saturated carbocycles. The number of nitriles is 1. The number of nitrogens with zero attached hydrogens (tertiary/aromatic N) is 5. The second-order valence-corrected chi connectivity index (χ2v) is 13.0. The number of pyridine rings is 1. The Morgan fingerprint density at radius 1 is 1.11 bits per heavy atom. The number of aliphatic hydroxyl groups is 1. The summed E-state index contributed by atoms with van der Waals surface area (Å²) in [6.45, 7) is 5.83. The molecular formula is C35H41F3N6O2. The lowest BCUT2D eigenvalue weighted by atomic mass is 9.90. The molecule has 2 aromatic heterocycles. The number of halogens is 3. The lowest BCUT2D eigenvalue weighted by Crippen LogP contribution is -2.44. The molecule has 0 bridgehead atoms. The van der Waals surface area contributed by atoms with Crippen molar-refractivity contribution in [3.05, 3.63) is 59.5 Å². The fourth-order valence-corrected chi connectivity index (χ4v) is 6.22. The molecule has 4 heterocycles. The summed E-state index contributed by atoms with van der Waals surface area (Å²) in [5.41, 5.74) is 2.51. The van der Waals surface area contributed by atoms with E-state index in [-0.39, 0.29) is 18.6 Å². The number of fused-ring (bicyclic) bond motifs is 1. The van der Waals surface area contributed by atoms with Crippen LogP contribution in [0, 0.1) is 29.1 Å². The summed E-state index contributed by atoms with van der Waals surface area (Å²) < 4.78 is 41.8.